The summed E-state index contributed by atoms with van der Waals surface area (Å²) in [4.78, 5) is 56.6. The summed E-state index contributed by atoms with van der Waals surface area (Å²) in [5, 5.41) is 161. The highest BCUT2D eigenvalue weighted by atomic mass is 16.8. The maximum Gasteiger partial charge on any atom is 0.333 e. The van der Waals surface area contributed by atoms with Crippen molar-refractivity contribution in [2.24, 2.45) is 0 Å². The van der Waals surface area contributed by atoms with E-state index in [0.29, 0.717) is 4.73 Å². The first kappa shape index (κ1) is 61.8. The molecule has 32 nitrogen and oxygen atoms in total. The third kappa shape index (κ3) is 16.5. The van der Waals surface area contributed by atoms with Gasteiger partial charge in [0.2, 0.25) is 29.5 Å². The number of hydrogen-bond donors (Lipinski definition) is 18. The van der Waals surface area contributed by atoms with Gasteiger partial charge in [-0.25, -0.2) is 4.79 Å². The number of ether oxygens (including phenoxy) is 8. The average molecular weight is 1090 g/mol. The Balaban J connectivity index is 1.19. The fraction of sp³-hybridized carbons (Fsp3) is 0.814. The van der Waals surface area contributed by atoms with E-state index in [9.17, 15) is 95.8 Å². The molecule has 18 N–H and O–H groups in total. The number of carbonyl (C=O) groups is 4. The Morgan fingerprint density at radius 1 is 0.573 bits per heavy atom. The van der Waals surface area contributed by atoms with Gasteiger partial charge in [0.1, 0.15) is 97.6 Å². The lowest BCUT2D eigenvalue weighted by Gasteiger charge is -2.46. The maximum absolute atomic E-state index is 13.6. The Kier molecular flexibility index (Phi) is 23.9. The number of aliphatic hydroxyl groups excluding tert-OH is 13. The van der Waals surface area contributed by atoms with Crippen LogP contribution < -0.4 is 20.8 Å². The minimum absolute atomic E-state index is 0.0927. The van der Waals surface area contributed by atoms with Crippen molar-refractivity contribution in [1.82, 2.24) is 20.7 Å². The highest BCUT2D eigenvalue weighted by Crippen LogP contribution is 2.31. The number of aromatic hydroxyl groups is 2. The van der Waals surface area contributed by atoms with Crippen LogP contribution in [0.4, 0.5) is 0 Å². The fourth-order valence-electron chi connectivity index (χ4n) is 8.15. The number of nitrogens with zero attached hydrogens (tertiary/aromatic N) is 1. The number of aliphatic hydroxyl groups is 13. The lowest BCUT2D eigenvalue weighted by atomic mass is 9.96. The number of nitrogens with one attached hydrogen (secondary N) is 3. The molecule has 0 spiro atoms. The molecule has 0 saturated carbocycles. The zero-order valence-electron chi connectivity index (χ0n) is 40.4. The largest absolute Gasteiger partial charge is 0.492 e. The summed E-state index contributed by atoms with van der Waals surface area (Å²) < 4.78 is 44.7. The molecule has 0 radical (unpaired) electrons. The van der Waals surface area contributed by atoms with E-state index in [-0.39, 0.29) is 58.2 Å². The topological polar surface area (TPSA) is 496 Å². The second-order valence-corrected chi connectivity index (χ2v) is 18.1. The molecule has 430 valence electrons. The van der Waals surface area contributed by atoms with E-state index in [0.717, 1.165) is 12.1 Å². The van der Waals surface area contributed by atoms with Gasteiger partial charge in [0, 0.05) is 44.5 Å². The van der Waals surface area contributed by atoms with Crippen molar-refractivity contribution in [3.8, 4) is 11.8 Å². The standard InChI is InChI=1S/C43H70N4O28/c1-17-27(55)31(59)34(62)40(70-17)67-12-10-44-22(50)7-6-18(46-23(51)4-2-3-5-26(54)75-47-24(52)8-9-25(47)53)39(66)45-11-13-68-42-37(65)38(74-43-36(64)33(61)29(57)20(15-49)72-43)30(58)21(73-42)16-69-41-35(63)32(60)28(56)19(14-48)71-41/h8-9,17-21,27-38,40-43,48-49,52-53,55-65H,2-7,10-16H2,1H3,(H,44,50)(H,45,66)(H,46,51). The van der Waals surface area contributed by atoms with Crippen LogP contribution in [-0.2, 0) is 57.1 Å². The normalized spacial score (nSPS) is 36.6. The Bertz CT molecular complexity index is 1930. The summed E-state index contributed by atoms with van der Waals surface area (Å²) in [6.45, 7) is -2.19. The molecular formula is C43H70N4O28. The molecule has 21 atom stereocenters. The second-order valence-electron chi connectivity index (χ2n) is 18.1. The van der Waals surface area contributed by atoms with E-state index < -0.39 is 191 Å². The molecule has 4 saturated heterocycles. The van der Waals surface area contributed by atoms with Gasteiger partial charge in [-0.2, -0.15) is 0 Å². The van der Waals surface area contributed by atoms with Crippen molar-refractivity contribution in [1.29, 1.82) is 0 Å². The van der Waals surface area contributed by atoms with E-state index in [4.69, 9.17) is 42.7 Å². The van der Waals surface area contributed by atoms with Crippen molar-refractivity contribution in [3.63, 3.8) is 0 Å². The van der Waals surface area contributed by atoms with Gasteiger partial charge in [-0.05, 0) is 26.2 Å². The van der Waals surface area contributed by atoms with Crippen LogP contribution in [0, 0.1) is 0 Å². The van der Waals surface area contributed by atoms with E-state index in [1.54, 1.807) is 0 Å². The summed E-state index contributed by atoms with van der Waals surface area (Å²) >= 11 is 0. The van der Waals surface area contributed by atoms with E-state index >= 15 is 0 Å². The molecule has 21 unspecified atom stereocenters. The van der Waals surface area contributed by atoms with Gasteiger partial charge in [0.05, 0.1) is 39.1 Å². The molecular weight excluding hydrogens is 1020 g/mol. The van der Waals surface area contributed by atoms with Crippen LogP contribution in [0.3, 0.4) is 0 Å². The van der Waals surface area contributed by atoms with Gasteiger partial charge in [-0.3, -0.25) is 14.4 Å². The predicted molar refractivity (Wildman–Crippen MR) is 238 cm³/mol. The zero-order valence-corrected chi connectivity index (χ0v) is 40.4. The van der Waals surface area contributed by atoms with Gasteiger partial charge in [-0.1, -0.05) is 0 Å². The number of aromatic nitrogens is 1. The monoisotopic (exact) mass is 1090 g/mol. The minimum Gasteiger partial charge on any atom is -0.492 e. The third-order valence-corrected chi connectivity index (χ3v) is 12.6. The van der Waals surface area contributed by atoms with Crippen LogP contribution in [0.2, 0.25) is 0 Å². The molecule has 5 heterocycles. The minimum atomic E-state index is -2.00. The molecule has 0 bridgehead atoms. The number of amides is 3. The maximum atomic E-state index is 13.6. The number of rotatable bonds is 26. The molecule has 0 aromatic carbocycles. The SMILES string of the molecule is CC1OC(OCCNC(=O)CCC(NC(=O)CCCCC(=O)On2c(O)ccc2O)C(=O)NCCOC2OC(COC3OC(CO)C(O)C(O)C3O)C(O)C(OC3OC(CO)C(O)C(O)C3O)C2O)C(O)C(O)C1O. The fourth-order valence-corrected chi connectivity index (χ4v) is 8.15. The van der Waals surface area contributed by atoms with Crippen molar-refractivity contribution in [2.75, 3.05) is 46.1 Å². The summed E-state index contributed by atoms with van der Waals surface area (Å²) in [6, 6.07) is 0.793. The van der Waals surface area contributed by atoms with E-state index in [1.807, 2.05) is 0 Å². The van der Waals surface area contributed by atoms with Crippen molar-refractivity contribution in [3.05, 3.63) is 12.1 Å². The highest BCUT2D eigenvalue weighted by Gasteiger charge is 2.52. The summed E-state index contributed by atoms with van der Waals surface area (Å²) in [5.41, 5.74) is 0. The summed E-state index contributed by atoms with van der Waals surface area (Å²) in [6.07, 6.45) is -34.5. The van der Waals surface area contributed by atoms with Crippen LogP contribution in [0.15, 0.2) is 12.1 Å². The first-order valence-electron chi connectivity index (χ1n) is 24.0. The van der Waals surface area contributed by atoms with Crippen molar-refractivity contribution in [2.45, 2.75) is 174 Å². The molecule has 4 aliphatic heterocycles. The summed E-state index contributed by atoms with van der Waals surface area (Å²) in [5.74, 6) is -4.06. The Morgan fingerprint density at radius 2 is 1.08 bits per heavy atom. The molecule has 32 heteroatoms. The number of hydrogen-bond acceptors (Lipinski definition) is 28. The average Bonchev–Trinajstić information content (AvgIpc) is 3.70. The molecule has 4 fully saturated rings. The third-order valence-electron chi connectivity index (χ3n) is 12.6. The molecule has 75 heavy (non-hydrogen) atoms. The Labute approximate surface area is 426 Å². The number of carbonyl (C=O) groups excluding carboxylic acids is 4. The number of unbranched alkanes of at least 4 members (excludes halogenated alkanes) is 1. The quantitative estimate of drug-likeness (QED) is 0.0383. The zero-order chi connectivity index (χ0) is 55.3. The molecule has 4 aliphatic rings. The smallest absolute Gasteiger partial charge is 0.333 e. The highest BCUT2D eigenvalue weighted by molar-refractivity contribution is 5.88. The lowest BCUT2D eigenvalue weighted by Crippen LogP contribution is -2.65. The van der Waals surface area contributed by atoms with Crippen molar-refractivity contribution < 1.29 is 139 Å². The molecule has 1 aromatic rings. The van der Waals surface area contributed by atoms with Crippen LogP contribution in [0.25, 0.3) is 0 Å². The predicted octanol–water partition coefficient (Wildman–Crippen LogP) is -9.78. The van der Waals surface area contributed by atoms with Crippen LogP contribution in [-0.4, -0.2) is 280 Å². The van der Waals surface area contributed by atoms with Gasteiger partial charge in [-0.15, -0.1) is 4.73 Å². The van der Waals surface area contributed by atoms with Crippen LogP contribution in [0.1, 0.15) is 45.4 Å². The molecule has 0 aliphatic carbocycles. The van der Waals surface area contributed by atoms with Crippen LogP contribution >= 0.6 is 0 Å². The van der Waals surface area contributed by atoms with Gasteiger partial charge in [0.25, 0.3) is 0 Å². The Morgan fingerprint density at radius 3 is 1.68 bits per heavy atom. The van der Waals surface area contributed by atoms with Crippen LogP contribution in [0.5, 0.6) is 11.8 Å². The van der Waals surface area contributed by atoms with Crippen molar-refractivity contribution >= 4 is 23.7 Å². The molecule has 1 aromatic heterocycles. The lowest BCUT2D eigenvalue weighted by molar-refractivity contribution is -0.366. The first-order chi connectivity index (χ1) is 35.6. The first-order valence-corrected chi connectivity index (χ1v) is 24.0. The second kappa shape index (κ2) is 29.1. The van der Waals surface area contributed by atoms with Gasteiger partial charge in [0.15, 0.2) is 25.2 Å². The van der Waals surface area contributed by atoms with E-state index in [1.165, 1.54) is 6.92 Å². The van der Waals surface area contributed by atoms with Gasteiger partial charge >= 0.3 is 5.97 Å². The Hall–Kier alpha value is -4.08. The summed E-state index contributed by atoms with van der Waals surface area (Å²) in [7, 11) is 0. The molecule has 3 amide bonds. The molecule has 5 rings (SSSR count). The van der Waals surface area contributed by atoms with E-state index in [2.05, 4.69) is 16.0 Å². The van der Waals surface area contributed by atoms with Gasteiger partial charge < -0.3 is 135 Å².